The van der Waals surface area contributed by atoms with Crippen LogP contribution in [-0.4, -0.2) is 78.9 Å². The molecular weight excluding hydrogens is 570 g/mol. The number of hydrogen-bond donors (Lipinski definition) is 6. The Hall–Kier alpha value is -4.20. The van der Waals surface area contributed by atoms with Crippen LogP contribution in [-0.2, 0) is 35.3 Å². The van der Waals surface area contributed by atoms with Gasteiger partial charge in [0.1, 0.15) is 12.1 Å². The predicted octanol–water partition coefficient (Wildman–Crippen LogP) is 0.740. The molecule has 2 atom stereocenters. The topological polar surface area (TPSA) is 215 Å². The van der Waals surface area contributed by atoms with Gasteiger partial charge >= 0.3 is 12.0 Å². The van der Waals surface area contributed by atoms with Gasteiger partial charge in [-0.3, -0.25) is 29.3 Å². The van der Waals surface area contributed by atoms with Crippen molar-refractivity contribution in [3.63, 3.8) is 0 Å². The van der Waals surface area contributed by atoms with Crippen LogP contribution in [0.3, 0.4) is 0 Å². The van der Waals surface area contributed by atoms with E-state index in [-0.39, 0.29) is 43.1 Å². The molecule has 1 aliphatic rings. The molecule has 44 heavy (non-hydrogen) atoms. The maximum atomic E-state index is 13.3. The van der Waals surface area contributed by atoms with E-state index in [9.17, 15) is 28.8 Å². The van der Waals surface area contributed by atoms with Crippen LogP contribution in [0.25, 0.3) is 0 Å². The largest absolute Gasteiger partial charge is 0.466 e. The number of benzene rings is 1. The number of hydrogen-bond acceptors (Lipinski definition) is 9. The molecule has 1 heterocycles. The van der Waals surface area contributed by atoms with Gasteiger partial charge in [0.15, 0.2) is 0 Å². The maximum absolute atomic E-state index is 13.3. The second-order valence-corrected chi connectivity index (χ2v) is 11.1. The molecule has 1 aromatic rings. The summed E-state index contributed by atoms with van der Waals surface area (Å²) < 4.78 is 5.05. The van der Waals surface area contributed by atoms with Crippen LogP contribution in [0.5, 0.6) is 0 Å². The number of ether oxygens (including phenoxy) is 1. The summed E-state index contributed by atoms with van der Waals surface area (Å²) >= 11 is 0. The minimum absolute atomic E-state index is 0.0871. The summed E-state index contributed by atoms with van der Waals surface area (Å²) in [6.45, 7) is 6.97. The number of carbonyl (C=O) groups excluding carboxylic acids is 6. The summed E-state index contributed by atoms with van der Waals surface area (Å²) in [5.74, 6) is -2.85. The normalized spacial score (nSPS) is 14.7. The molecule has 1 fully saturated rings. The van der Waals surface area contributed by atoms with Gasteiger partial charge in [-0.15, -0.1) is 0 Å². The molecule has 0 aromatic heterocycles. The van der Waals surface area contributed by atoms with Crippen molar-refractivity contribution < 1.29 is 33.5 Å². The van der Waals surface area contributed by atoms with E-state index in [4.69, 9.17) is 16.2 Å². The molecule has 244 valence electrons. The van der Waals surface area contributed by atoms with Gasteiger partial charge in [0.25, 0.3) is 0 Å². The summed E-state index contributed by atoms with van der Waals surface area (Å²) in [6.07, 6.45) is 1.46. The highest BCUT2D eigenvalue weighted by Gasteiger charge is 2.30. The Balaban J connectivity index is 1.93. The van der Waals surface area contributed by atoms with Crippen LogP contribution in [0.1, 0.15) is 64.9 Å². The van der Waals surface area contributed by atoms with Gasteiger partial charge in [0.05, 0.1) is 12.5 Å². The number of anilines is 1. The molecule has 0 aliphatic carbocycles. The van der Waals surface area contributed by atoms with Crippen molar-refractivity contribution in [2.24, 2.45) is 23.3 Å². The highest BCUT2D eigenvalue weighted by atomic mass is 16.5. The number of nitrogens with two attached hydrogens (primary N) is 2. The second kappa shape index (κ2) is 18.5. The molecular formula is C30H47N7O7. The van der Waals surface area contributed by atoms with Crippen LogP contribution in [0.15, 0.2) is 24.3 Å². The number of esters is 1. The van der Waals surface area contributed by atoms with E-state index in [0.29, 0.717) is 57.6 Å². The highest BCUT2D eigenvalue weighted by Crippen LogP contribution is 2.20. The fourth-order valence-electron chi connectivity index (χ4n) is 4.79. The second-order valence-electron chi connectivity index (χ2n) is 11.1. The predicted molar refractivity (Wildman–Crippen MR) is 164 cm³/mol. The standard InChI is InChI=1S/C30H47N7O7/c1-4-44-29(42)21-13-16-37(17-14-21)25(39)12-11-24(38)35-28(41)26(19(2)3)36-27(40)23(6-5-15-33-30(32)43)34-22-9-7-20(18-31)8-10-22/h7-10,19,21,23,26,34H,4-6,11-18,31H2,1-3H3,(H,36,40)(H3,32,33,43)(H,35,38,41)/t23-,26-/m0/s1. The third kappa shape index (κ3) is 12.2. The Morgan fingerprint density at radius 3 is 2.23 bits per heavy atom. The number of imide groups is 1. The number of nitrogens with zero attached hydrogens (tertiary/aromatic N) is 1. The van der Waals surface area contributed by atoms with E-state index in [1.165, 1.54) is 0 Å². The van der Waals surface area contributed by atoms with Crippen LogP contribution in [0.4, 0.5) is 10.5 Å². The zero-order valence-corrected chi connectivity index (χ0v) is 25.9. The molecule has 8 N–H and O–H groups in total. The van der Waals surface area contributed by atoms with Gasteiger partial charge in [-0.05, 0) is 56.2 Å². The van der Waals surface area contributed by atoms with Crippen molar-refractivity contribution in [2.45, 2.75) is 77.9 Å². The molecule has 0 unspecified atom stereocenters. The summed E-state index contributed by atoms with van der Waals surface area (Å²) in [7, 11) is 0. The highest BCUT2D eigenvalue weighted by molar-refractivity contribution is 6.00. The smallest absolute Gasteiger partial charge is 0.312 e. The molecule has 0 bridgehead atoms. The first kappa shape index (κ1) is 36.0. The lowest BCUT2D eigenvalue weighted by atomic mass is 9.96. The molecule has 1 aliphatic heterocycles. The fraction of sp³-hybridized carbons (Fsp3) is 0.600. The Kier molecular flexibility index (Phi) is 15.1. The first-order valence-corrected chi connectivity index (χ1v) is 15.1. The van der Waals surface area contributed by atoms with Crippen molar-refractivity contribution >= 4 is 41.3 Å². The molecule has 6 amide bonds. The lowest BCUT2D eigenvalue weighted by molar-refractivity contribution is -0.151. The molecule has 14 heteroatoms. The van der Waals surface area contributed by atoms with Gasteiger partial charge in [-0.1, -0.05) is 26.0 Å². The number of urea groups is 1. The van der Waals surface area contributed by atoms with E-state index in [2.05, 4.69) is 21.3 Å². The average Bonchev–Trinajstić information content (AvgIpc) is 3.00. The number of likely N-dealkylation sites (tertiary alicyclic amines) is 1. The van der Waals surface area contributed by atoms with Crippen molar-refractivity contribution in [3.8, 4) is 0 Å². The maximum Gasteiger partial charge on any atom is 0.312 e. The zero-order valence-electron chi connectivity index (χ0n) is 25.9. The molecule has 2 rings (SSSR count). The first-order valence-electron chi connectivity index (χ1n) is 15.1. The monoisotopic (exact) mass is 617 g/mol. The zero-order chi connectivity index (χ0) is 32.6. The minimum atomic E-state index is -1.02. The van der Waals surface area contributed by atoms with Gasteiger partial charge in [0.2, 0.25) is 23.6 Å². The summed E-state index contributed by atoms with van der Waals surface area (Å²) in [6, 6.07) is 4.80. The summed E-state index contributed by atoms with van der Waals surface area (Å²) in [4.78, 5) is 76.2. The third-order valence-corrected chi connectivity index (χ3v) is 7.36. The van der Waals surface area contributed by atoms with Crippen molar-refractivity contribution in [3.05, 3.63) is 29.8 Å². The number of rotatable bonds is 16. The van der Waals surface area contributed by atoms with E-state index in [0.717, 1.165) is 5.56 Å². The van der Waals surface area contributed by atoms with Crippen LogP contribution < -0.4 is 32.7 Å². The SMILES string of the molecule is CCOC(=O)C1CCN(C(=O)CCC(=O)NC(=O)[C@@H](NC(=O)[C@H](CCCNC(N)=O)Nc2ccc(CN)cc2)C(C)C)CC1. The number of primary amides is 1. The van der Waals surface area contributed by atoms with E-state index >= 15 is 0 Å². The number of nitrogens with one attached hydrogen (secondary N) is 4. The Morgan fingerprint density at radius 2 is 1.66 bits per heavy atom. The van der Waals surface area contributed by atoms with Crippen LogP contribution in [0, 0.1) is 11.8 Å². The van der Waals surface area contributed by atoms with Gasteiger partial charge in [-0.25, -0.2) is 4.79 Å². The molecule has 0 saturated carbocycles. The Morgan fingerprint density at radius 1 is 1.00 bits per heavy atom. The quantitative estimate of drug-likeness (QED) is 0.114. The average molecular weight is 618 g/mol. The number of piperidine rings is 1. The molecule has 0 spiro atoms. The van der Waals surface area contributed by atoms with Crippen molar-refractivity contribution in [1.82, 2.24) is 20.9 Å². The Bertz CT molecular complexity index is 1140. The Labute approximate surface area is 258 Å². The number of amides is 6. The fourth-order valence-corrected chi connectivity index (χ4v) is 4.79. The lowest BCUT2D eigenvalue weighted by Crippen LogP contribution is -2.54. The van der Waals surface area contributed by atoms with Crippen LogP contribution >= 0.6 is 0 Å². The minimum Gasteiger partial charge on any atom is -0.466 e. The van der Waals surface area contributed by atoms with Gasteiger partial charge < -0.3 is 37.1 Å². The van der Waals surface area contributed by atoms with Gasteiger partial charge in [-0.2, -0.15) is 0 Å². The van der Waals surface area contributed by atoms with Crippen molar-refractivity contribution in [1.29, 1.82) is 0 Å². The summed E-state index contributed by atoms with van der Waals surface area (Å²) in [5.41, 5.74) is 12.4. The molecule has 1 aromatic carbocycles. The molecule has 0 radical (unpaired) electrons. The summed E-state index contributed by atoms with van der Waals surface area (Å²) in [5, 5.41) is 10.7. The van der Waals surface area contributed by atoms with E-state index in [1.807, 2.05) is 12.1 Å². The third-order valence-electron chi connectivity index (χ3n) is 7.36. The van der Waals surface area contributed by atoms with Crippen LogP contribution in [0.2, 0.25) is 0 Å². The number of carbonyl (C=O) groups is 6. The lowest BCUT2D eigenvalue weighted by Gasteiger charge is -2.31. The first-order chi connectivity index (χ1) is 20.9. The molecule has 1 saturated heterocycles. The van der Waals surface area contributed by atoms with E-state index in [1.54, 1.807) is 37.8 Å². The van der Waals surface area contributed by atoms with Gasteiger partial charge in [0, 0.05) is 44.7 Å². The van der Waals surface area contributed by atoms with E-state index < -0.39 is 35.8 Å². The molecule has 14 nitrogen and oxygen atoms in total. The van der Waals surface area contributed by atoms with Crippen molar-refractivity contribution in [2.75, 3.05) is 31.6 Å².